The summed E-state index contributed by atoms with van der Waals surface area (Å²) >= 11 is 0. The van der Waals surface area contributed by atoms with Crippen LogP contribution in [-0.2, 0) is 20.7 Å². The normalized spacial score (nSPS) is 13.1. The fourth-order valence-corrected chi connectivity index (χ4v) is 1.65. The van der Waals surface area contributed by atoms with Crippen molar-refractivity contribution in [2.24, 2.45) is 0 Å². The van der Waals surface area contributed by atoms with Crippen LogP contribution >= 0.6 is 0 Å². The lowest BCUT2D eigenvalue weighted by Gasteiger charge is -2.27. The summed E-state index contributed by atoms with van der Waals surface area (Å²) in [5.74, 6) is -0.308. The van der Waals surface area contributed by atoms with Gasteiger partial charge >= 0.3 is 5.97 Å². The van der Waals surface area contributed by atoms with E-state index in [1.807, 2.05) is 39.0 Å². The molecule has 0 spiro atoms. The highest BCUT2D eigenvalue weighted by Crippen LogP contribution is 2.16. The van der Waals surface area contributed by atoms with E-state index in [-0.39, 0.29) is 11.6 Å². The van der Waals surface area contributed by atoms with Gasteiger partial charge in [-0.1, -0.05) is 30.3 Å². The van der Waals surface area contributed by atoms with Crippen molar-refractivity contribution in [1.82, 2.24) is 0 Å². The molecule has 3 heteroatoms. The summed E-state index contributed by atoms with van der Waals surface area (Å²) in [4.78, 5) is 11.0. The summed E-state index contributed by atoms with van der Waals surface area (Å²) in [7, 11) is 0. The Bertz CT molecular complexity index is 365. The second-order valence-corrected chi connectivity index (χ2v) is 5.29. The van der Waals surface area contributed by atoms with Crippen molar-refractivity contribution in [2.45, 2.75) is 52.4 Å². The molecule has 1 rings (SSSR count). The topological polar surface area (TPSA) is 35.5 Å². The molecule has 0 N–H and O–H groups in total. The molecule has 0 heterocycles. The molecule has 0 aromatic heterocycles. The average Bonchev–Trinajstić information content (AvgIpc) is 2.24. The summed E-state index contributed by atoms with van der Waals surface area (Å²) in [6, 6.07) is 10.1. The van der Waals surface area contributed by atoms with Crippen LogP contribution in [0.1, 0.15) is 39.7 Å². The summed E-state index contributed by atoms with van der Waals surface area (Å²) in [5, 5.41) is 0. The van der Waals surface area contributed by atoms with E-state index in [1.165, 1.54) is 12.5 Å². The Balaban J connectivity index is 2.53. The minimum Gasteiger partial charge on any atom is -0.436 e. The summed E-state index contributed by atoms with van der Waals surface area (Å²) < 4.78 is 10.9. The number of carbonyl (C=O) groups is 1. The van der Waals surface area contributed by atoms with Gasteiger partial charge in [0.2, 0.25) is 6.29 Å². The molecule has 0 saturated carbocycles. The Labute approximate surface area is 109 Å². The molecule has 0 fully saturated rings. The van der Waals surface area contributed by atoms with Gasteiger partial charge in [-0.3, -0.25) is 4.79 Å². The number of ether oxygens (including phenoxy) is 2. The maximum atomic E-state index is 11.0. The van der Waals surface area contributed by atoms with Gasteiger partial charge < -0.3 is 9.47 Å². The lowest BCUT2D eigenvalue weighted by molar-refractivity contribution is -0.202. The number of hydrogen-bond acceptors (Lipinski definition) is 3. The number of rotatable bonds is 5. The van der Waals surface area contributed by atoms with E-state index in [4.69, 9.17) is 9.47 Å². The standard InChI is InChI=1S/C15H22O3/c1-12(16)17-14(18-15(2,3)4)11-10-13-8-6-5-7-9-13/h5-9,14H,10-11H2,1-4H3. The molecule has 0 amide bonds. The molecule has 0 aliphatic carbocycles. The number of benzene rings is 1. The van der Waals surface area contributed by atoms with Crippen LogP contribution in [-0.4, -0.2) is 17.9 Å². The first-order valence-electron chi connectivity index (χ1n) is 6.26. The Morgan fingerprint density at radius 1 is 1.22 bits per heavy atom. The van der Waals surface area contributed by atoms with Gasteiger partial charge in [0.25, 0.3) is 0 Å². The van der Waals surface area contributed by atoms with Gasteiger partial charge in [0, 0.05) is 13.3 Å². The van der Waals surface area contributed by atoms with Gasteiger partial charge in [-0.25, -0.2) is 0 Å². The van der Waals surface area contributed by atoms with E-state index in [0.29, 0.717) is 6.42 Å². The zero-order valence-corrected chi connectivity index (χ0v) is 11.6. The Hall–Kier alpha value is -1.35. The highest BCUT2D eigenvalue weighted by atomic mass is 16.7. The summed E-state index contributed by atoms with van der Waals surface area (Å²) in [6.07, 6.45) is 1.01. The molecule has 100 valence electrons. The number of aryl methyl sites for hydroxylation is 1. The first-order valence-corrected chi connectivity index (χ1v) is 6.26. The van der Waals surface area contributed by atoms with Crippen LogP contribution in [0.25, 0.3) is 0 Å². The van der Waals surface area contributed by atoms with Crippen molar-refractivity contribution in [1.29, 1.82) is 0 Å². The third kappa shape index (κ3) is 6.40. The van der Waals surface area contributed by atoms with Gasteiger partial charge in [-0.15, -0.1) is 0 Å². The van der Waals surface area contributed by atoms with Crippen molar-refractivity contribution < 1.29 is 14.3 Å². The van der Waals surface area contributed by atoms with Crippen molar-refractivity contribution >= 4 is 5.97 Å². The quantitative estimate of drug-likeness (QED) is 0.594. The Morgan fingerprint density at radius 2 is 1.83 bits per heavy atom. The second-order valence-electron chi connectivity index (χ2n) is 5.29. The second kappa shape index (κ2) is 6.55. The third-order valence-electron chi connectivity index (χ3n) is 2.29. The highest BCUT2D eigenvalue weighted by molar-refractivity contribution is 5.66. The molecule has 1 atom stereocenters. The first-order chi connectivity index (χ1) is 8.37. The molecule has 0 aliphatic heterocycles. The third-order valence-corrected chi connectivity index (χ3v) is 2.29. The predicted molar refractivity (Wildman–Crippen MR) is 71.2 cm³/mol. The largest absolute Gasteiger partial charge is 0.436 e. The van der Waals surface area contributed by atoms with Gasteiger partial charge in [-0.05, 0) is 32.8 Å². The molecule has 0 saturated heterocycles. The smallest absolute Gasteiger partial charge is 0.304 e. The fourth-order valence-electron chi connectivity index (χ4n) is 1.65. The number of esters is 1. The van der Waals surface area contributed by atoms with Crippen LogP contribution in [0, 0.1) is 0 Å². The van der Waals surface area contributed by atoms with Gasteiger partial charge in [0.05, 0.1) is 5.60 Å². The lowest BCUT2D eigenvalue weighted by atomic mass is 10.1. The maximum absolute atomic E-state index is 11.0. The van der Waals surface area contributed by atoms with Gasteiger partial charge in [-0.2, -0.15) is 0 Å². The summed E-state index contributed by atoms with van der Waals surface area (Å²) in [6.45, 7) is 7.26. The van der Waals surface area contributed by atoms with Crippen molar-refractivity contribution in [2.75, 3.05) is 0 Å². The highest BCUT2D eigenvalue weighted by Gasteiger charge is 2.20. The predicted octanol–water partition coefficient (Wildman–Crippen LogP) is 3.32. The van der Waals surface area contributed by atoms with Gasteiger partial charge in [0.1, 0.15) is 0 Å². The van der Waals surface area contributed by atoms with Crippen LogP contribution in [0.15, 0.2) is 30.3 Å². The minimum absolute atomic E-state index is 0.308. The van der Waals surface area contributed by atoms with Crippen LogP contribution in [0.4, 0.5) is 0 Å². The average molecular weight is 250 g/mol. The van der Waals surface area contributed by atoms with E-state index in [0.717, 1.165) is 6.42 Å². The van der Waals surface area contributed by atoms with Crippen molar-refractivity contribution in [3.05, 3.63) is 35.9 Å². The molecular formula is C15H22O3. The molecule has 1 aromatic rings. The lowest BCUT2D eigenvalue weighted by Crippen LogP contribution is -2.31. The zero-order valence-electron chi connectivity index (χ0n) is 11.6. The number of carbonyl (C=O) groups excluding carboxylic acids is 1. The molecule has 1 aromatic carbocycles. The molecule has 0 radical (unpaired) electrons. The molecule has 3 nitrogen and oxygen atoms in total. The van der Waals surface area contributed by atoms with E-state index in [9.17, 15) is 4.79 Å². The van der Waals surface area contributed by atoms with E-state index in [1.54, 1.807) is 0 Å². The summed E-state index contributed by atoms with van der Waals surface area (Å²) in [5.41, 5.74) is 0.892. The van der Waals surface area contributed by atoms with Crippen LogP contribution in [0.3, 0.4) is 0 Å². The number of hydrogen-bond donors (Lipinski definition) is 0. The SMILES string of the molecule is CC(=O)OC(CCc1ccccc1)OC(C)(C)C. The van der Waals surface area contributed by atoms with E-state index >= 15 is 0 Å². The molecule has 0 bridgehead atoms. The molecule has 18 heavy (non-hydrogen) atoms. The Kier molecular flexibility index (Phi) is 5.35. The van der Waals surface area contributed by atoms with Crippen LogP contribution < -0.4 is 0 Å². The van der Waals surface area contributed by atoms with Crippen LogP contribution in [0.5, 0.6) is 0 Å². The van der Waals surface area contributed by atoms with Crippen LogP contribution in [0.2, 0.25) is 0 Å². The Morgan fingerprint density at radius 3 is 2.33 bits per heavy atom. The molecular weight excluding hydrogens is 228 g/mol. The minimum atomic E-state index is -0.484. The zero-order chi connectivity index (χ0) is 13.6. The first kappa shape index (κ1) is 14.7. The maximum Gasteiger partial charge on any atom is 0.304 e. The molecule has 1 unspecified atom stereocenters. The monoisotopic (exact) mass is 250 g/mol. The fraction of sp³-hybridized carbons (Fsp3) is 0.533. The van der Waals surface area contributed by atoms with E-state index in [2.05, 4.69) is 12.1 Å². The molecule has 0 aliphatic rings. The van der Waals surface area contributed by atoms with Gasteiger partial charge in [0.15, 0.2) is 0 Å². The van der Waals surface area contributed by atoms with Crippen molar-refractivity contribution in [3.63, 3.8) is 0 Å². The van der Waals surface area contributed by atoms with E-state index < -0.39 is 6.29 Å². The van der Waals surface area contributed by atoms with Crippen molar-refractivity contribution in [3.8, 4) is 0 Å².